The first kappa shape index (κ1) is 24.4. The second-order valence-electron chi connectivity index (χ2n) is 7.86. The molecule has 0 amide bonds. The van der Waals surface area contributed by atoms with Gasteiger partial charge in [-0.15, -0.1) is 0 Å². The summed E-state index contributed by atoms with van der Waals surface area (Å²) in [6.45, 7) is 13.4. The van der Waals surface area contributed by atoms with E-state index in [0.717, 1.165) is 18.8 Å². The first-order valence-corrected chi connectivity index (χ1v) is 10.2. The monoisotopic (exact) mass is 358 g/mol. The van der Waals surface area contributed by atoms with Crippen molar-refractivity contribution >= 4 is 5.97 Å². The van der Waals surface area contributed by atoms with Crippen LogP contribution in [-0.2, 0) is 19.0 Å². The van der Waals surface area contributed by atoms with Gasteiger partial charge in [-0.25, -0.2) is 4.79 Å². The summed E-state index contributed by atoms with van der Waals surface area (Å²) in [5, 5.41) is 0. The molecular formula is C21H42O4. The van der Waals surface area contributed by atoms with E-state index in [1.807, 2.05) is 13.8 Å². The molecule has 0 spiro atoms. The van der Waals surface area contributed by atoms with Crippen molar-refractivity contribution in [3.8, 4) is 0 Å². The smallest absolute Gasteiger partial charge is 0.337 e. The molecule has 0 fully saturated rings. The molecule has 0 radical (unpaired) electrons. The average molecular weight is 359 g/mol. The molecule has 0 bridgehead atoms. The zero-order valence-corrected chi connectivity index (χ0v) is 17.6. The summed E-state index contributed by atoms with van der Waals surface area (Å²) in [5.74, 6) is 0.511. The number of hydrogen-bond acceptors (Lipinski definition) is 4. The maximum atomic E-state index is 12.0. The molecular weight excluding hydrogens is 316 g/mol. The lowest BCUT2D eigenvalue weighted by molar-refractivity contribution is -0.170. The fourth-order valence-corrected chi connectivity index (χ4v) is 2.64. The van der Waals surface area contributed by atoms with Crippen molar-refractivity contribution in [1.82, 2.24) is 0 Å². The van der Waals surface area contributed by atoms with Crippen LogP contribution in [-0.4, -0.2) is 37.5 Å². The number of ether oxygens (including phenoxy) is 3. The molecule has 0 aromatic rings. The van der Waals surface area contributed by atoms with Crippen LogP contribution in [0.15, 0.2) is 0 Å². The molecule has 150 valence electrons. The number of hydrogen-bond donors (Lipinski definition) is 0. The zero-order valence-electron chi connectivity index (χ0n) is 17.6. The van der Waals surface area contributed by atoms with Gasteiger partial charge in [-0.2, -0.15) is 0 Å². The number of carbonyl (C=O) groups is 1. The second-order valence-corrected chi connectivity index (χ2v) is 7.86. The quantitative estimate of drug-likeness (QED) is 0.269. The van der Waals surface area contributed by atoms with Gasteiger partial charge in [-0.1, -0.05) is 58.8 Å². The van der Waals surface area contributed by atoms with Gasteiger partial charge in [0, 0.05) is 6.61 Å². The van der Waals surface area contributed by atoms with E-state index in [9.17, 15) is 4.79 Å². The highest BCUT2D eigenvalue weighted by molar-refractivity contribution is 5.78. The van der Waals surface area contributed by atoms with E-state index < -0.39 is 5.60 Å². The van der Waals surface area contributed by atoms with E-state index in [-0.39, 0.29) is 18.7 Å². The minimum absolute atomic E-state index is 0.150. The lowest BCUT2D eigenvalue weighted by Crippen LogP contribution is -2.37. The van der Waals surface area contributed by atoms with Crippen molar-refractivity contribution in [3.63, 3.8) is 0 Å². The van der Waals surface area contributed by atoms with Crippen LogP contribution < -0.4 is 0 Å². The summed E-state index contributed by atoms with van der Waals surface area (Å²) in [7, 11) is 0. The predicted octanol–water partition coefficient (Wildman–Crippen LogP) is 5.53. The van der Waals surface area contributed by atoms with Gasteiger partial charge in [0.2, 0.25) is 0 Å². The minimum Gasteiger partial charge on any atom is -0.461 e. The van der Waals surface area contributed by atoms with Crippen molar-refractivity contribution in [1.29, 1.82) is 0 Å². The Morgan fingerprint density at radius 2 is 1.52 bits per heavy atom. The molecule has 0 aromatic carbocycles. The van der Waals surface area contributed by atoms with E-state index >= 15 is 0 Å². The number of carbonyl (C=O) groups excluding carboxylic acids is 1. The van der Waals surface area contributed by atoms with Gasteiger partial charge in [0.05, 0.1) is 12.7 Å². The Labute approximate surface area is 156 Å². The van der Waals surface area contributed by atoms with Gasteiger partial charge in [0.25, 0.3) is 0 Å². The Morgan fingerprint density at radius 3 is 2.12 bits per heavy atom. The molecule has 0 aliphatic carbocycles. The molecule has 0 saturated heterocycles. The third kappa shape index (κ3) is 14.3. The lowest BCUT2D eigenvalue weighted by Gasteiger charge is -2.23. The molecule has 1 atom stereocenters. The highest BCUT2D eigenvalue weighted by Gasteiger charge is 2.30. The topological polar surface area (TPSA) is 44.8 Å². The van der Waals surface area contributed by atoms with Crippen molar-refractivity contribution in [2.75, 3.05) is 19.8 Å². The molecule has 0 aliphatic rings. The van der Waals surface area contributed by atoms with Crippen molar-refractivity contribution in [2.24, 2.45) is 5.92 Å². The van der Waals surface area contributed by atoms with Gasteiger partial charge in [-0.3, -0.25) is 0 Å². The SMILES string of the molecule is CCCCCC(C)CCCCCOC(C)(C)C(=O)OCCOC(C)C. The molecule has 4 heteroatoms. The molecule has 0 saturated carbocycles. The van der Waals surface area contributed by atoms with Gasteiger partial charge >= 0.3 is 5.97 Å². The van der Waals surface area contributed by atoms with Gasteiger partial charge in [0.1, 0.15) is 6.61 Å². The molecule has 0 heterocycles. The highest BCUT2D eigenvalue weighted by Crippen LogP contribution is 2.17. The molecule has 1 unspecified atom stereocenters. The summed E-state index contributed by atoms with van der Waals surface area (Å²) in [5.41, 5.74) is -0.884. The van der Waals surface area contributed by atoms with Gasteiger partial charge in [-0.05, 0) is 40.0 Å². The van der Waals surface area contributed by atoms with Gasteiger partial charge < -0.3 is 14.2 Å². The van der Waals surface area contributed by atoms with E-state index in [4.69, 9.17) is 14.2 Å². The maximum absolute atomic E-state index is 12.0. The molecule has 4 nitrogen and oxygen atoms in total. The Morgan fingerprint density at radius 1 is 0.880 bits per heavy atom. The van der Waals surface area contributed by atoms with Crippen LogP contribution in [0.2, 0.25) is 0 Å². The number of rotatable bonds is 16. The standard InChI is InChI=1S/C21H42O4/c1-7-8-10-13-19(4)14-11-9-12-15-25-21(5,6)20(22)24-17-16-23-18(2)3/h18-19H,7-17H2,1-6H3. The normalized spacial score (nSPS) is 13.2. The molecule has 0 N–H and O–H groups in total. The summed E-state index contributed by atoms with van der Waals surface area (Å²) < 4.78 is 16.3. The van der Waals surface area contributed by atoms with Crippen LogP contribution in [0.1, 0.15) is 92.9 Å². The third-order valence-electron chi connectivity index (χ3n) is 4.36. The largest absolute Gasteiger partial charge is 0.461 e. The number of unbranched alkanes of at least 4 members (excludes halogenated alkanes) is 4. The van der Waals surface area contributed by atoms with Crippen LogP contribution >= 0.6 is 0 Å². The summed E-state index contributed by atoms with van der Waals surface area (Å²) in [6.07, 6.45) is 10.2. The Balaban J connectivity index is 3.68. The first-order valence-electron chi connectivity index (χ1n) is 10.2. The van der Waals surface area contributed by atoms with Crippen molar-refractivity contribution in [2.45, 2.75) is 105 Å². The average Bonchev–Trinajstić information content (AvgIpc) is 2.54. The minimum atomic E-state index is -0.884. The Bertz CT molecular complexity index is 326. The fourth-order valence-electron chi connectivity index (χ4n) is 2.64. The van der Waals surface area contributed by atoms with E-state index in [1.54, 1.807) is 13.8 Å². The van der Waals surface area contributed by atoms with Crippen LogP contribution in [0.4, 0.5) is 0 Å². The maximum Gasteiger partial charge on any atom is 0.337 e. The molecule has 25 heavy (non-hydrogen) atoms. The van der Waals surface area contributed by atoms with Crippen LogP contribution in [0.5, 0.6) is 0 Å². The van der Waals surface area contributed by atoms with Crippen molar-refractivity contribution in [3.05, 3.63) is 0 Å². The Hall–Kier alpha value is -0.610. The number of esters is 1. The second kappa shape index (κ2) is 14.5. The third-order valence-corrected chi connectivity index (χ3v) is 4.36. The van der Waals surface area contributed by atoms with Gasteiger partial charge in [0.15, 0.2) is 5.60 Å². The van der Waals surface area contributed by atoms with Crippen LogP contribution in [0.25, 0.3) is 0 Å². The lowest BCUT2D eigenvalue weighted by atomic mass is 9.97. The summed E-state index contributed by atoms with van der Waals surface area (Å²) >= 11 is 0. The summed E-state index contributed by atoms with van der Waals surface area (Å²) in [4.78, 5) is 12.0. The van der Waals surface area contributed by atoms with Crippen LogP contribution in [0.3, 0.4) is 0 Å². The van der Waals surface area contributed by atoms with E-state index in [2.05, 4.69) is 13.8 Å². The Kier molecular flexibility index (Phi) is 14.2. The fraction of sp³-hybridized carbons (Fsp3) is 0.952. The van der Waals surface area contributed by atoms with Crippen LogP contribution in [0, 0.1) is 5.92 Å². The molecule has 0 rings (SSSR count). The summed E-state index contributed by atoms with van der Waals surface area (Å²) in [6, 6.07) is 0. The highest BCUT2D eigenvalue weighted by atomic mass is 16.6. The van der Waals surface area contributed by atoms with E-state index in [1.165, 1.54) is 38.5 Å². The molecule has 0 aliphatic heterocycles. The zero-order chi connectivity index (χ0) is 19.1. The van der Waals surface area contributed by atoms with Crippen molar-refractivity contribution < 1.29 is 19.0 Å². The predicted molar refractivity (Wildman–Crippen MR) is 104 cm³/mol. The first-order chi connectivity index (χ1) is 11.8. The van der Waals surface area contributed by atoms with E-state index in [0.29, 0.717) is 13.2 Å². The molecule has 0 aromatic heterocycles.